The Kier molecular flexibility index (Phi) is 4.45. The van der Waals surface area contributed by atoms with Gasteiger partial charge in [-0.1, -0.05) is 6.07 Å². The van der Waals surface area contributed by atoms with Crippen LogP contribution < -0.4 is 4.74 Å². The van der Waals surface area contributed by atoms with Gasteiger partial charge in [-0.25, -0.2) is 18.4 Å². The first-order valence-electron chi connectivity index (χ1n) is 9.47. The minimum Gasteiger partial charge on any atom is -0.481 e. The molecule has 0 bridgehead atoms. The van der Waals surface area contributed by atoms with Gasteiger partial charge in [0.25, 0.3) is 0 Å². The maximum absolute atomic E-state index is 13.2. The predicted octanol–water partition coefficient (Wildman–Crippen LogP) is 3.28. The van der Waals surface area contributed by atoms with E-state index < -0.39 is 9.84 Å². The first-order valence-corrected chi connectivity index (χ1v) is 11.9. The molecule has 1 fully saturated rings. The lowest BCUT2D eigenvalue weighted by Crippen LogP contribution is -2.25. The zero-order valence-corrected chi connectivity index (χ0v) is 17.8. The summed E-state index contributed by atoms with van der Waals surface area (Å²) >= 11 is 1.63. The van der Waals surface area contributed by atoms with Crippen molar-refractivity contribution >= 4 is 21.2 Å². The molecule has 5 rings (SSSR count). The molecule has 150 valence electrons. The summed E-state index contributed by atoms with van der Waals surface area (Å²) in [6.45, 7) is 4.05. The van der Waals surface area contributed by atoms with E-state index in [1.165, 1.54) is 4.88 Å². The van der Waals surface area contributed by atoms with E-state index in [4.69, 9.17) is 4.74 Å². The van der Waals surface area contributed by atoms with E-state index in [1.54, 1.807) is 30.7 Å². The summed E-state index contributed by atoms with van der Waals surface area (Å²) in [5.41, 5.74) is 5.60. The van der Waals surface area contributed by atoms with Crippen molar-refractivity contribution in [1.29, 1.82) is 0 Å². The molecule has 1 aromatic carbocycles. The van der Waals surface area contributed by atoms with E-state index in [-0.39, 0.29) is 11.2 Å². The largest absolute Gasteiger partial charge is 0.481 e. The zero-order valence-electron chi connectivity index (χ0n) is 16.2. The maximum atomic E-state index is 13.2. The summed E-state index contributed by atoms with van der Waals surface area (Å²) in [6.07, 6.45) is 1.69. The number of likely N-dealkylation sites (tertiary alicyclic amines) is 1. The van der Waals surface area contributed by atoms with Gasteiger partial charge in [0.05, 0.1) is 28.5 Å². The van der Waals surface area contributed by atoms with Crippen molar-refractivity contribution < 1.29 is 13.2 Å². The van der Waals surface area contributed by atoms with Crippen molar-refractivity contribution in [3.05, 3.63) is 58.2 Å². The van der Waals surface area contributed by atoms with E-state index in [0.717, 1.165) is 35.5 Å². The molecular weight excluding hydrogens is 406 g/mol. The highest BCUT2D eigenvalue weighted by molar-refractivity contribution is 7.92. The van der Waals surface area contributed by atoms with E-state index in [9.17, 15) is 8.42 Å². The molecule has 2 aliphatic rings. The van der Waals surface area contributed by atoms with Crippen LogP contribution in [0.2, 0.25) is 0 Å². The van der Waals surface area contributed by atoms with Gasteiger partial charge in [-0.05, 0) is 42.3 Å². The molecule has 0 spiro atoms. The van der Waals surface area contributed by atoms with Crippen molar-refractivity contribution in [3.63, 3.8) is 0 Å². The van der Waals surface area contributed by atoms with Gasteiger partial charge in [-0.3, -0.25) is 4.90 Å². The molecule has 0 amide bonds. The second-order valence-corrected chi connectivity index (χ2v) is 10.6. The van der Waals surface area contributed by atoms with Crippen molar-refractivity contribution in [2.24, 2.45) is 0 Å². The average Bonchev–Trinajstić information content (AvgIpc) is 3.39. The van der Waals surface area contributed by atoms with Gasteiger partial charge in [0.2, 0.25) is 5.88 Å². The molecule has 1 saturated heterocycles. The van der Waals surface area contributed by atoms with Crippen LogP contribution >= 0.6 is 11.3 Å². The summed E-state index contributed by atoms with van der Waals surface area (Å²) < 4.78 is 31.7. The maximum Gasteiger partial charge on any atom is 0.221 e. The number of sulfone groups is 1. The van der Waals surface area contributed by atoms with Crippen LogP contribution in [0, 0.1) is 6.92 Å². The second kappa shape index (κ2) is 6.90. The third-order valence-electron chi connectivity index (χ3n) is 5.94. The summed E-state index contributed by atoms with van der Waals surface area (Å²) in [5, 5.41) is -0.378. The summed E-state index contributed by atoms with van der Waals surface area (Å²) in [5.74, 6) is 0.532. The minimum absolute atomic E-state index is 0.00848. The molecule has 0 radical (unpaired) electrons. The van der Waals surface area contributed by atoms with Gasteiger partial charge in [0.15, 0.2) is 9.84 Å². The smallest absolute Gasteiger partial charge is 0.221 e. The van der Waals surface area contributed by atoms with Crippen molar-refractivity contribution in [2.75, 3.05) is 20.2 Å². The number of hydrogen-bond acceptors (Lipinski definition) is 7. The molecule has 0 aliphatic carbocycles. The third-order valence-corrected chi connectivity index (χ3v) is 9.12. The monoisotopic (exact) mass is 427 g/mol. The molecule has 29 heavy (non-hydrogen) atoms. The Labute approximate surface area is 174 Å². The molecular formula is C21H21N3O3S2. The van der Waals surface area contributed by atoms with Crippen molar-refractivity contribution in [2.45, 2.75) is 29.5 Å². The van der Waals surface area contributed by atoms with Crippen LogP contribution in [-0.4, -0.2) is 48.7 Å². The van der Waals surface area contributed by atoms with Crippen LogP contribution in [0.5, 0.6) is 5.88 Å². The number of nitrogens with zero attached hydrogens (tertiary/aromatic N) is 3. The molecule has 2 aromatic heterocycles. The second-order valence-electron chi connectivity index (χ2n) is 7.56. The molecule has 8 heteroatoms. The SMILES string of the molecule is COc1ncccc1-c1ccc2c(c1)[C@@H]1CN(Cc3scnc3C)C[C@H]1S2(=O)=O. The first-order chi connectivity index (χ1) is 14.0. The number of aryl methyl sites for hydroxylation is 1. The van der Waals surface area contributed by atoms with E-state index >= 15 is 0 Å². The van der Waals surface area contributed by atoms with E-state index in [1.807, 2.05) is 36.7 Å². The van der Waals surface area contributed by atoms with Crippen LogP contribution in [0.15, 0.2) is 46.9 Å². The van der Waals surface area contributed by atoms with Crippen molar-refractivity contribution in [1.82, 2.24) is 14.9 Å². The number of fused-ring (bicyclic) bond motifs is 3. The first kappa shape index (κ1) is 18.7. The van der Waals surface area contributed by atoms with Gasteiger partial charge >= 0.3 is 0 Å². The summed E-state index contributed by atoms with van der Waals surface area (Å²) in [6, 6.07) is 9.43. The summed E-state index contributed by atoms with van der Waals surface area (Å²) in [7, 11) is -1.73. The lowest BCUT2D eigenvalue weighted by Gasteiger charge is -2.17. The molecule has 2 aliphatic heterocycles. The van der Waals surface area contributed by atoms with Crippen LogP contribution in [0.25, 0.3) is 11.1 Å². The van der Waals surface area contributed by atoms with Crippen LogP contribution in [0.1, 0.15) is 22.1 Å². The topological polar surface area (TPSA) is 72.4 Å². The highest BCUT2D eigenvalue weighted by atomic mass is 32.2. The fraction of sp³-hybridized carbons (Fsp3) is 0.333. The standard InChI is InChI=1S/C21H21N3O3S2/c1-13-18(28-12-23-13)10-24-9-17-16-8-14(15-4-3-7-22-21(15)27-2)5-6-19(16)29(25,26)20(17)11-24/h3-8,12,17,20H,9-11H2,1-2H3/t17-,20+/m0/s1. The molecule has 0 unspecified atom stereocenters. The Morgan fingerprint density at radius 3 is 2.86 bits per heavy atom. The van der Waals surface area contributed by atoms with Gasteiger partial charge in [-0.2, -0.15) is 0 Å². The van der Waals surface area contributed by atoms with Gasteiger partial charge in [0.1, 0.15) is 0 Å². The molecule has 4 heterocycles. The number of aromatic nitrogens is 2. The van der Waals surface area contributed by atoms with Crippen molar-refractivity contribution in [3.8, 4) is 17.0 Å². The number of rotatable bonds is 4. The average molecular weight is 428 g/mol. The van der Waals surface area contributed by atoms with Gasteiger partial charge < -0.3 is 4.74 Å². The molecule has 0 saturated carbocycles. The number of pyridine rings is 1. The quantitative estimate of drug-likeness (QED) is 0.636. The number of thiazole rings is 1. The predicted molar refractivity (Wildman–Crippen MR) is 112 cm³/mol. The van der Waals surface area contributed by atoms with Gasteiger partial charge in [-0.15, -0.1) is 11.3 Å². The Bertz CT molecular complexity index is 1190. The highest BCUT2D eigenvalue weighted by Crippen LogP contribution is 2.46. The fourth-order valence-corrected chi connectivity index (χ4v) is 7.49. The number of ether oxygens (including phenoxy) is 1. The van der Waals surface area contributed by atoms with Crippen LogP contribution in [-0.2, 0) is 16.4 Å². The molecule has 3 aromatic rings. The van der Waals surface area contributed by atoms with Crippen LogP contribution in [0.4, 0.5) is 0 Å². The fourth-order valence-electron chi connectivity index (χ4n) is 4.48. The Morgan fingerprint density at radius 1 is 1.24 bits per heavy atom. The lowest BCUT2D eigenvalue weighted by atomic mass is 9.95. The molecule has 0 N–H and O–H groups in total. The third kappa shape index (κ3) is 2.97. The van der Waals surface area contributed by atoms with E-state index in [0.29, 0.717) is 17.3 Å². The molecule has 6 nitrogen and oxygen atoms in total. The molecule has 2 atom stereocenters. The number of benzene rings is 1. The Morgan fingerprint density at radius 2 is 2.10 bits per heavy atom. The minimum atomic E-state index is -3.32. The normalized spacial score (nSPS) is 22.4. The number of hydrogen-bond donors (Lipinski definition) is 0. The van der Waals surface area contributed by atoms with Crippen LogP contribution in [0.3, 0.4) is 0 Å². The van der Waals surface area contributed by atoms with Gasteiger partial charge in [0, 0.05) is 42.2 Å². The highest BCUT2D eigenvalue weighted by Gasteiger charge is 2.50. The summed E-state index contributed by atoms with van der Waals surface area (Å²) in [4.78, 5) is 12.5. The zero-order chi connectivity index (χ0) is 20.2. The lowest BCUT2D eigenvalue weighted by molar-refractivity contribution is 0.327. The Hall–Kier alpha value is -2.29. The Balaban J connectivity index is 1.51. The van der Waals surface area contributed by atoms with E-state index in [2.05, 4.69) is 14.9 Å². The number of methoxy groups -OCH3 is 1.